The van der Waals surface area contributed by atoms with Gasteiger partial charge in [0.25, 0.3) is 5.91 Å². The van der Waals surface area contributed by atoms with Crippen LogP contribution in [0.5, 0.6) is 0 Å². The van der Waals surface area contributed by atoms with Gasteiger partial charge in [0, 0.05) is 22.2 Å². The molecule has 5 nitrogen and oxygen atoms in total. The predicted octanol–water partition coefficient (Wildman–Crippen LogP) is 3.71. The minimum atomic E-state index is -3.99. The van der Waals surface area contributed by atoms with Gasteiger partial charge < -0.3 is 5.32 Å². The molecule has 0 aliphatic heterocycles. The van der Waals surface area contributed by atoms with E-state index in [9.17, 15) is 17.6 Å². The maximum Gasteiger partial charge on any atom is 0.255 e. The number of nitrogens with zero attached hydrogens (tertiary/aromatic N) is 1. The Balaban J connectivity index is 2.39. The molecular weight excluding hydrogens is 458 g/mol. The molecule has 0 saturated heterocycles. The Kier molecular flexibility index (Phi) is 6.53. The molecule has 1 N–H and O–H groups in total. The van der Waals surface area contributed by atoms with E-state index in [1.54, 1.807) is 26.0 Å². The minimum Gasteiger partial charge on any atom is -0.321 e. The number of para-hydroxylation sites is 1. The van der Waals surface area contributed by atoms with Crippen molar-refractivity contribution in [2.45, 2.75) is 18.7 Å². The van der Waals surface area contributed by atoms with Crippen molar-refractivity contribution in [3.8, 4) is 0 Å². The van der Waals surface area contributed by atoms with Gasteiger partial charge in [0.1, 0.15) is 10.7 Å². The molecule has 8 heteroatoms. The van der Waals surface area contributed by atoms with Crippen LogP contribution >= 0.6 is 22.6 Å². The van der Waals surface area contributed by atoms with Gasteiger partial charge in [0.15, 0.2) is 0 Å². The summed E-state index contributed by atoms with van der Waals surface area (Å²) in [6.45, 7) is 3.79. The van der Waals surface area contributed by atoms with Gasteiger partial charge in [0.2, 0.25) is 10.0 Å². The molecule has 0 aliphatic rings. The summed E-state index contributed by atoms with van der Waals surface area (Å²) in [5, 5.41) is 2.70. The lowest BCUT2D eigenvalue weighted by Gasteiger charge is -2.19. The zero-order chi connectivity index (χ0) is 18.6. The molecule has 1 amide bonds. The maximum atomic E-state index is 14.1. The van der Waals surface area contributed by atoms with E-state index < -0.39 is 26.6 Å². The van der Waals surface area contributed by atoms with Crippen molar-refractivity contribution in [3.63, 3.8) is 0 Å². The largest absolute Gasteiger partial charge is 0.321 e. The van der Waals surface area contributed by atoms with Gasteiger partial charge in [-0.15, -0.1) is 0 Å². The highest BCUT2D eigenvalue weighted by Gasteiger charge is 2.26. The molecule has 0 saturated carbocycles. The van der Waals surface area contributed by atoms with Gasteiger partial charge in [-0.2, -0.15) is 4.31 Å². The fourth-order valence-corrected chi connectivity index (χ4v) is 4.37. The molecule has 0 aliphatic carbocycles. The minimum absolute atomic E-state index is 0.0757. The Morgan fingerprint density at radius 3 is 2.40 bits per heavy atom. The van der Waals surface area contributed by atoms with E-state index in [4.69, 9.17) is 0 Å². The number of anilines is 1. The van der Waals surface area contributed by atoms with Crippen LogP contribution in [0.4, 0.5) is 10.1 Å². The fourth-order valence-electron chi connectivity index (χ4n) is 2.30. The first-order chi connectivity index (χ1) is 11.8. The van der Waals surface area contributed by atoms with E-state index in [0.29, 0.717) is 5.69 Å². The van der Waals surface area contributed by atoms with Crippen molar-refractivity contribution in [3.05, 3.63) is 57.4 Å². The smallest absolute Gasteiger partial charge is 0.255 e. The van der Waals surface area contributed by atoms with Crippen molar-refractivity contribution in [2.24, 2.45) is 0 Å². The molecule has 0 unspecified atom stereocenters. The lowest BCUT2D eigenvalue weighted by Crippen LogP contribution is -2.31. The van der Waals surface area contributed by atoms with E-state index in [1.165, 1.54) is 6.07 Å². The van der Waals surface area contributed by atoms with Crippen LogP contribution in [0.3, 0.4) is 0 Å². The van der Waals surface area contributed by atoms with E-state index in [1.807, 2.05) is 12.1 Å². The first-order valence-electron chi connectivity index (χ1n) is 7.66. The first kappa shape index (κ1) is 19.8. The molecule has 25 heavy (non-hydrogen) atoms. The van der Waals surface area contributed by atoms with Gasteiger partial charge in [-0.25, -0.2) is 12.8 Å². The Morgan fingerprint density at radius 2 is 1.80 bits per heavy atom. The van der Waals surface area contributed by atoms with Gasteiger partial charge >= 0.3 is 0 Å². The number of rotatable bonds is 6. The summed E-state index contributed by atoms with van der Waals surface area (Å²) >= 11 is 2.08. The number of hydrogen-bond acceptors (Lipinski definition) is 3. The first-order valence-corrected chi connectivity index (χ1v) is 10.2. The number of benzene rings is 2. The SMILES string of the molecule is CCN(CC)S(=O)(=O)c1cc(C(=O)Nc2ccccc2I)ccc1F. The molecule has 0 bridgehead atoms. The number of nitrogens with one attached hydrogen (secondary N) is 1. The second-order valence-electron chi connectivity index (χ2n) is 5.17. The van der Waals surface area contributed by atoms with E-state index in [2.05, 4.69) is 27.9 Å². The summed E-state index contributed by atoms with van der Waals surface area (Å²) < 4.78 is 41.2. The molecule has 0 spiro atoms. The van der Waals surface area contributed by atoms with Crippen LogP contribution in [0.15, 0.2) is 47.4 Å². The molecule has 2 rings (SSSR count). The summed E-state index contributed by atoms with van der Waals surface area (Å²) in [4.78, 5) is 11.9. The predicted molar refractivity (Wildman–Crippen MR) is 104 cm³/mol. The third-order valence-electron chi connectivity index (χ3n) is 3.64. The van der Waals surface area contributed by atoms with Gasteiger partial charge in [-0.1, -0.05) is 26.0 Å². The monoisotopic (exact) mass is 476 g/mol. The van der Waals surface area contributed by atoms with Gasteiger partial charge in [-0.3, -0.25) is 4.79 Å². The quantitative estimate of drug-likeness (QED) is 0.647. The van der Waals surface area contributed by atoms with Crippen molar-refractivity contribution < 1.29 is 17.6 Å². The number of hydrogen-bond donors (Lipinski definition) is 1. The summed E-state index contributed by atoms with van der Waals surface area (Å²) in [6, 6.07) is 10.5. The zero-order valence-corrected chi connectivity index (χ0v) is 16.8. The highest BCUT2D eigenvalue weighted by Crippen LogP contribution is 2.22. The molecular formula is C17H18FIN2O3S. The van der Waals surface area contributed by atoms with E-state index >= 15 is 0 Å². The van der Waals surface area contributed by atoms with Crippen LogP contribution in [-0.2, 0) is 10.0 Å². The molecule has 0 aromatic heterocycles. The van der Waals surface area contributed by atoms with Gasteiger partial charge in [-0.05, 0) is 52.9 Å². The standard InChI is InChI=1S/C17H18FIN2O3S/c1-3-21(4-2)25(23,24)16-11-12(9-10-13(16)18)17(22)20-15-8-6-5-7-14(15)19/h5-11H,3-4H2,1-2H3,(H,20,22). The Hall–Kier alpha value is -1.52. The molecule has 0 radical (unpaired) electrons. The Bertz CT molecular complexity index is 883. The van der Waals surface area contributed by atoms with Crippen LogP contribution in [0.25, 0.3) is 0 Å². The number of carbonyl (C=O) groups is 1. The van der Waals surface area contributed by atoms with E-state index in [-0.39, 0.29) is 18.7 Å². The molecule has 134 valence electrons. The average Bonchev–Trinajstić information content (AvgIpc) is 2.58. The van der Waals surface area contributed by atoms with Crippen LogP contribution in [0.2, 0.25) is 0 Å². The lowest BCUT2D eigenvalue weighted by molar-refractivity contribution is 0.102. The molecule has 0 fully saturated rings. The Morgan fingerprint density at radius 1 is 1.16 bits per heavy atom. The van der Waals surface area contributed by atoms with Crippen molar-refractivity contribution >= 4 is 44.2 Å². The number of carbonyl (C=O) groups excluding carboxylic acids is 1. The van der Waals surface area contributed by atoms with E-state index in [0.717, 1.165) is 20.0 Å². The molecule has 0 atom stereocenters. The molecule has 2 aromatic carbocycles. The number of halogens is 2. The molecule has 2 aromatic rings. The summed E-state index contributed by atoms with van der Waals surface area (Å²) in [5.41, 5.74) is 0.678. The molecule has 0 heterocycles. The van der Waals surface area contributed by atoms with Crippen LogP contribution in [-0.4, -0.2) is 31.7 Å². The second-order valence-corrected chi connectivity index (χ2v) is 8.24. The number of sulfonamides is 1. The zero-order valence-electron chi connectivity index (χ0n) is 13.8. The van der Waals surface area contributed by atoms with Gasteiger partial charge in [0.05, 0.1) is 5.69 Å². The van der Waals surface area contributed by atoms with Crippen LogP contribution in [0.1, 0.15) is 24.2 Å². The normalized spacial score (nSPS) is 11.6. The third kappa shape index (κ3) is 4.36. The van der Waals surface area contributed by atoms with Crippen molar-refractivity contribution in [1.82, 2.24) is 4.31 Å². The fraction of sp³-hybridized carbons (Fsp3) is 0.235. The summed E-state index contributed by atoms with van der Waals surface area (Å²) in [6.07, 6.45) is 0. The second kappa shape index (κ2) is 8.24. The van der Waals surface area contributed by atoms with Crippen molar-refractivity contribution in [1.29, 1.82) is 0 Å². The van der Waals surface area contributed by atoms with Crippen molar-refractivity contribution in [2.75, 3.05) is 18.4 Å². The lowest BCUT2D eigenvalue weighted by atomic mass is 10.2. The summed E-state index contributed by atoms with van der Waals surface area (Å²) in [7, 11) is -3.99. The highest BCUT2D eigenvalue weighted by atomic mass is 127. The number of amides is 1. The Labute approximate surface area is 160 Å². The van der Waals surface area contributed by atoms with Crippen LogP contribution < -0.4 is 5.32 Å². The van der Waals surface area contributed by atoms with Crippen LogP contribution in [0, 0.1) is 9.39 Å². The third-order valence-corrected chi connectivity index (χ3v) is 6.64. The summed E-state index contributed by atoms with van der Waals surface area (Å²) in [5.74, 6) is -1.38. The topological polar surface area (TPSA) is 66.5 Å². The average molecular weight is 476 g/mol. The highest BCUT2D eigenvalue weighted by molar-refractivity contribution is 14.1. The maximum absolute atomic E-state index is 14.1.